The average Bonchev–Trinajstić information content (AvgIpc) is 2.90. The van der Waals surface area contributed by atoms with Crippen molar-refractivity contribution < 1.29 is 13.2 Å². The maximum absolute atomic E-state index is 12.3. The number of carbonyl (C=O) groups excluding carboxylic acids is 1. The standard InChI is InChI=1S/C14H16IN3O3S2/c1-9-8-22-13(17-9)7-16-14(19)11-6-10(4-5-12(11)15)23(20,21)18(2)3/h4-6,8H,7H2,1-3H3,(H,16,19). The fourth-order valence-electron chi connectivity index (χ4n) is 1.78. The normalized spacial score (nSPS) is 11.7. The van der Waals surface area contributed by atoms with Crippen LogP contribution in [0.1, 0.15) is 21.1 Å². The molecule has 1 amide bonds. The van der Waals surface area contributed by atoms with E-state index in [1.165, 1.54) is 37.6 Å². The molecule has 2 rings (SSSR count). The quantitative estimate of drug-likeness (QED) is 0.688. The summed E-state index contributed by atoms with van der Waals surface area (Å²) >= 11 is 3.49. The van der Waals surface area contributed by atoms with E-state index in [0.29, 0.717) is 15.7 Å². The number of nitrogens with one attached hydrogen (secondary N) is 1. The first-order chi connectivity index (χ1) is 10.7. The minimum absolute atomic E-state index is 0.0955. The van der Waals surface area contributed by atoms with E-state index in [1.54, 1.807) is 6.07 Å². The fourth-order valence-corrected chi connectivity index (χ4v) is 4.01. The van der Waals surface area contributed by atoms with Crippen LogP contribution in [0.25, 0.3) is 0 Å². The number of thiazole rings is 1. The zero-order valence-corrected chi connectivity index (χ0v) is 16.6. The van der Waals surface area contributed by atoms with Crippen molar-refractivity contribution >= 4 is 49.9 Å². The van der Waals surface area contributed by atoms with Crippen LogP contribution >= 0.6 is 33.9 Å². The first-order valence-corrected chi connectivity index (χ1v) is 10.0. The molecule has 0 unspecified atom stereocenters. The number of hydrogen-bond acceptors (Lipinski definition) is 5. The summed E-state index contributed by atoms with van der Waals surface area (Å²) in [5.74, 6) is -0.321. The molecule has 2 aromatic rings. The van der Waals surface area contributed by atoms with Crippen LogP contribution in [-0.2, 0) is 16.6 Å². The molecule has 124 valence electrons. The predicted molar refractivity (Wildman–Crippen MR) is 98.1 cm³/mol. The fraction of sp³-hybridized carbons (Fsp3) is 0.286. The molecule has 0 spiro atoms. The Morgan fingerprint density at radius 2 is 2.09 bits per heavy atom. The summed E-state index contributed by atoms with van der Waals surface area (Å²) in [7, 11) is -0.661. The van der Waals surface area contributed by atoms with Crippen LogP contribution in [0, 0.1) is 10.5 Å². The van der Waals surface area contributed by atoms with Gasteiger partial charge in [-0.2, -0.15) is 0 Å². The zero-order valence-electron chi connectivity index (χ0n) is 12.8. The molecule has 0 atom stereocenters. The van der Waals surface area contributed by atoms with Crippen molar-refractivity contribution in [2.24, 2.45) is 0 Å². The van der Waals surface area contributed by atoms with Gasteiger partial charge >= 0.3 is 0 Å². The smallest absolute Gasteiger partial charge is 0.252 e. The highest BCUT2D eigenvalue weighted by atomic mass is 127. The third kappa shape index (κ3) is 4.28. The van der Waals surface area contributed by atoms with Gasteiger partial charge < -0.3 is 5.32 Å². The van der Waals surface area contributed by atoms with Crippen LogP contribution < -0.4 is 5.32 Å². The number of aromatic nitrogens is 1. The van der Waals surface area contributed by atoms with Gasteiger partial charge in [0.2, 0.25) is 10.0 Å². The summed E-state index contributed by atoms with van der Waals surface area (Å²) in [5, 5.41) is 5.49. The van der Waals surface area contributed by atoms with Crippen molar-refractivity contribution in [2.45, 2.75) is 18.4 Å². The second kappa shape index (κ2) is 7.24. The van der Waals surface area contributed by atoms with Gasteiger partial charge in [-0.15, -0.1) is 11.3 Å². The van der Waals surface area contributed by atoms with Crippen LogP contribution in [0.3, 0.4) is 0 Å². The van der Waals surface area contributed by atoms with Gasteiger partial charge in [0.25, 0.3) is 5.91 Å². The summed E-state index contributed by atoms with van der Waals surface area (Å²) < 4.78 is 26.2. The number of carbonyl (C=O) groups is 1. The number of aryl methyl sites for hydroxylation is 1. The molecule has 0 aliphatic rings. The Morgan fingerprint density at radius 3 is 2.65 bits per heavy atom. The van der Waals surface area contributed by atoms with Crippen LogP contribution in [0.2, 0.25) is 0 Å². The molecule has 0 aliphatic heterocycles. The highest BCUT2D eigenvalue weighted by Gasteiger charge is 2.20. The summed E-state index contributed by atoms with van der Waals surface area (Å²) in [6.45, 7) is 2.21. The second-order valence-corrected chi connectivity index (χ2v) is 9.25. The SMILES string of the molecule is Cc1csc(CNC(=O)c2cc(S(=O)(=O)N(C)C)ccc2I)n1. The summed E-state index contributed by atoms with van der Waals surface area (Å²) in [4.78, 5) is 16.7. The summed E-state index contributed by atoms with van der Waals surface area (Å²) in [6, 6.07) is 4.52. The Hall–Kier alpha value is -1.04. The largest absolute Gasteiger partial charge is 0.345 e. The molecule has 0 saturated carbocycles. The summed E-state index contributed by atoms with van der Waals surface area (Å²) in [6.07, 6.45) is 0. The minimum Gasteiger partial charge on any atom is -0.345 e. The molecule has 1 aromatic heterocycles. The molecular formula is C14H16IN3O3S2. The molecule has 6 nitrogen and oxygen atoms in total. The Morgan fingerprint density at radius 1 is 1.39 bits per heavy atom. The highest BCUT2D eigenvalue weighted by Crippen LogP contribution is 2.20. The molecule has 1 N–H and O–H groups in total. The van der Waals surface area contributed by atoms with E-state index in [2.05, 4.69) is 10.3 Å². The lowest BCUT2D eigenvalue weighted by Crippen LogP contribution is -2.25. The van der Waals surface area contributed by atoms with E-state index < -0.39 is 10.0 Å². The third-order valence-corrected chi connectivity index (χ3v) is 6.75. The molecule has 0 aliphatic carbocycles. The van der Waals surface area contributed by atoms with E-state index in [0.717, 1.165) is 15.0 Å². The zero-order chi connectivity index (χ0) is 17.2. The topological polar surface area (TPSA) is 79.4 Å². The lowest BCUT2D eigenvalue weighted by Gasteiger charge is -2.13. The average molecular weight is 465 g/mol. The Balaban J connectivity index is 2.23. The van der Waals surface area contributed by atoms with Crippen LogP contribution in [-0.4, -0.2) is 37.7 Å². The first kappa shape index (κ1) is 18.3. The molecule has 23 heavy (non-hydrogen) atoms. The van der Waals surface area contributed by atoms with Gasteiger partial charge in [-0.1, -0.05) is 0 Å². The van der Waals surface area contributed by atoms with E-state index in [-0.39, 0.29) is 10.8 Å². The lowest BCUT2D eigenvalue weighted by atomic mass is 10.2. The van der Waals surface area contributed by atoms with Crippen molar-refractivity contribution in [1.29, 1.82) is 0 Å². The van der Waals surface area contributed by atoms with Gasteiger partial charge in [-0.25, -0.2) is 17.7 Å². The number of halogens is 1. The Kier molecular flexibility index (Phi) is 5.76. The van der Waals surface area contributed by atoms with Gasteiger partial charge in [-0.05, 0) is 47.7 Å². The monoisotopic (exact) mass is 465 g/mol. The number of sulfonamides is 1. The van der Waals surface area contributed by atoms with Crippen LogP contribution in [0.4, 0.5) is 0 Å². The maximum atomic E-state index is 12.3. The van der Waals surface area contributed by atoms with Gasteiger partial charge in [0, 0.05) is 28.7 Å². The third-order valence-electron chi connectivity index (χ3n) is 3.03. The predicted octanol–water partition coefficient (Wildman–Crippen LogP) is 2.24. The van der Waals surface area contributed by atoms with Crippen LogP contribution in [0.5, 0.6) is 0 Å². The highest BCUT2D eigenvalue weighted by molar-refractivity contribution is 14.1. The van der Waals surface area contributed by atoms with E-state index in [9.17, 15) is 13.2 Å². The Labute approximate surface area is 153 Å². The molecule has 0 saturated heterocycles. The minimum atomic E-state index is -3.57. The van der Waals surface area contributed by atoms with Gasteiger partial charge in [0.1, 0.15) is 5.01 Å². The number of hydrogen-bond donors (Lipinski definition) is 1. The Bertz CT molecular complexity index is 832. The van der Waals surface area contributed by atoms with Crippen molar-refractivity contribution in [2.75, 3.05) is 14.1 Å². The second-order valence-electron chi connectivity index (χ2n) is 4.99. The van der Waals surface area contributed by atoms with Crippen molar-refractivity contribution in [1.82, 2.24) is 14.6 Å². The van der Waals surface area contributed by atoms with Crippen molar-refractivity contribution in [3.63, 3.8) is 0 Å². The van der Waals surface area contributed by atoms with E-state index >= 15 is 0 Å². The molecule has 9 heteroatoms. The van der Waals surface area contributed by atoms with Crippen molar-refractivity contribution in [3.05, 3.63) is 43.4 Å². The molecule has 0 radical (unpaired) electrons. The number of benzene rings is 1. The first-order valence-electron chi connectivity index (χ1n) is 6.63. The van der Waals surface area contributed by atoms with Gasteiger partial charge in [-0.3, -0.25) is 4.79 Å². The van der Waals surface area contributed by atoms with Gasteiger partial charge in [0.15, 0.2) is 0 Å². The molecular weight excluding hydrogens is 449 g/mol. The number of nitrogens with zero attached hydrogens (tertiary/aromatic N) is 2. The van der Waals surface area contributed by atoms with Crippen LogP contribution in [0.15, 0.2) is 28.5 Å². The van der Waals surface area contributed by atoms with E-state index in [1.807, 2.05) is 34.9 Å². The molecule has 1 aromatic carbocycles. The molecule has 1 heterocycles. The van der Waals surface area contributed by atoms with E-state index in [4.69, 9.17) is 0 Å². The van der Waals surface area contributed by atoms with Gasteiger partial charge in [0.05, 0.1) is 17.0 Å². The number of amides is 1. The maximum Gasteiger partial charge on any atom is 0.252 e. The van der Waals surface area contributed by atoms with Crippen molar-refractivity contribution in [3.8, 4) is 0 Å². The lowest BCUT2D eigenvalue weighted by molar-refractivity contribution is 0.0949. The number of rotatable bonds is 5. The summed E-state index contributed by atoms with van der Waals surface area (Å²) in [5.41, 5.74) is 1.25. The molecule has 0 bridgehead atoms. The molecule has 0 fully saturated rings.